The lowest BCUT2D eigenvalue weighted by Gasteiger charge is -2.18. The van der Waals surface area contributed by atoms with Crippen molar-refractivity contribution in [3.63, 3.8) is 0 Å². The van der Waals surface area contributed by atoms with Crippen LogP contribution in [0.3, 0.4) is 0 Å². The van der Waals surface area contributed by atoms with E-state index in [9.17, 15) is 24.6 Å². The first-order chi connectivity index (χ1) is 18.1. The number of nitrogens with zero attached hydrogens (tertiary/aromatic N) is 2. The molecule has 0 saturated carbocycles. The number of esters is 1. The van der Waals surface area contributed by atoms with Gasteiger partial charge in [0.05, 0.1) is 12.2 Å². The average Bonchev–Trinajstić information content (AvgIpc) is 3.23. The first-order valence-corrected chi connectivity index (χ1v) is 12.3. The summed E-state index contributed by atoms with van der Waals surface area (Å²) in [6.45, 7) is 6.34. The van der Waals surface area contributed by atoms with E-state index in [-0.39, 0.29) is 30.1 Å². The summed E-state index contributed by atoms with van der Waals surface area (Å²) in [7, 11) is 0. The highest BCUT2D eigenvalue weighted by atomic mass is 16.8. The molecule has 3 rings (SSSR count). The van der Waals surface area contributed by atoms with Gasteiger partial charge in [-0.25, -0.2) is 19.4 Å². The minimum absolute atomic E-state index is 0.0497. The number of hydrogen-bond acceptors (Lipinski definition) is 8. The number of imidazole rings is 1. The summed E-state index contributed by atoms with van der Waals surface area (Å²) in [5.74, 6) is -1.24. The smallest absolute Gasteiger partial charge is 0.478 e. The quantitative estimate of drug-likeness (QED) is 0.268. The Morgan fingerprint density at radius 2 is 1.66 bits per heavy atom. The SMILES string of the molecule is CCCc1nc(C(C)(C)O)c(C(=O)OCOC(=O)OCC)n1Cc1ccc(-c2ccccc2C(=O)O)cc1. The number of hydrogen-bond donors (Lipinski definition) is 2. The molecule has 0 fully saturated rings. The number of aryl methyl sites for hydroxylation is 1. The van der Waals surface area contributed by atoms with Crippen molar-refractivity contribution < 1.29 is 38.8 Å². The summed E-state index contributed by atoms with van der Waals surface area (Å²) in [4.78, 5) is 40.8. The van der Waals surface area contributed by atoms with Crippen molar-refractivity contribution in [2.75, 3.05) is 13.4 Å². The van der Waals surface area contributed by atoms with Crippen molar-refractivity contribution in [2.45, 2.75) is 52.7 Å². The van der Waals surface area contributed by atoms with E-state index in [4.69, 9.17) is 9.47 Å². The molecule has 38 heavy (non-hydrogen) atoms. The largest absolute Gasteiger partial charge is 0.511 e. The van der Waals surface area contributed by atoms with Crippen LogP contribution in [0, 0.1) is 0 Å². The molecule has 1 heterocycles. The van der Waals surface area contributed by atoms with E-state index in [1.165, 1.54) is 13.8 Å². The maximum atomic E-state index is 13.1. The molecule has 0 saturated heterocycles. The van der Waals surface area contributed by atoms with Crippen molar-refractivity contribution in [3.8, 4) is 11.1 Å². The zero-order valence-electron chi connectivity index (χ0n) is 21.9. The van der Waals surface area contributed by atoms with E-state index >= 15 is 0 Å². The van der Waals surface area contributed by atoms with Gasteiger partial charge in [-0.3, -0.25) is 0 Å². The molecule has 0 aliphatic carbocycles. The predicted molar refractivity (Wildman–Crippen MR) is 138 cm³/mol. The van der Waals surface area contributed by atoms with Gasteiger partial charge in [0.15, 0.2) is 5.69 Å². The van der Waals surface area contributed by atoms with Crippen molar-refractivity contribution in [2.24, 2.45) is 0 Å². The fourth-order valence-corrected chi connectivity index (χ4v) is 3.97. The molecular weight excluding hydrogens is 492 g/mol. The molecular formula is C28H32N2O8. The lowest BCUT2D eigenvalue weighted by molar-refractivity contribution is -0.0275. The molecule has 0 amide bonds. The van der Waals surface area contributed by atoms with E-state index < -0.39 is 30.5 Å². The topological polar surface area (TPSA) is 137 Å². The fraction of sp³-hybridized carbons (Fsp3) is 0.357. The maximum Gasteiger partial charge on any atom is 0.511 e. The van der Waals surface area contributed by atoms with Gasteiger partial charge >= 0.3 is 18.1 Å². The molecule has 0 aliphatic rings. The molecule has 0 aliphatic heterocycles. The van der Waals surface area contributed by atoms with Gasteiger partial charge in [0, 0.05) is 13.0 Å². The number of aromatic carboxylic acids is 1. The van der Waals surface area contributed by atoms with Gasteiger partial charge < -0.3 is 29.0 Å². The number of aliphatic hydroxyl groups is 1. The monoisotopic (exact) mass is 524 g/mol. The van der Waals surface area contributed by atoms with Crippen LogP contribution in [0.4, 0.5) is 4.79 Å². The lowest BCUT2D eigenvalue weighted by atomic mass is 9.98. The fourth-order valence-electron chi connectivity index (χ4n) is 3.97. The number of carboxylic acids is 1. The predicted octanol–water partition coefficient (Wildman–Crippen LogP) is 4.76. The highest BCUT2D eigenvalue weighted by molar-refractivity contribution is 5.96. The lowest BCUT2D eigenvalue weighted by Crippen LogP contribution is -2.24. The van der Waals surface area contributed by atoms with Crippen LogP contribution >= 0.6 is 0 Å². The van der Waals surface area contributed by atoms with Crippen molar-refractivity contribution >= 4 is 18.1 Å². The van der Waals surface area contributed by atoms with Gasteiger partial charge in [-0.1, -0.05) is 49.4 Å². The molecule has 3 aromatic rings. The number of carboxylic acid groups (broad SMARTS) is 1. The Bertz CT molecular complexity index is 1290. The Morgan fingerprint density at radius 3 is 2.26 bits per heavy atom. The first-order valence-electron chi connectivity index (χ1n) is 12.3. The zero-order chi connectivity index (χ0) is 27.9. The summed E-state index contributed by atoms with van der Waals surface area (Å²) < 4.78 is 16.3. The van der Waals surface area contributed by atoms with Crippen LogP contribution < -0.4 is 0 Å². The number of carbonyl (C=O) groups excluding carboxylic acids is 2. The molecule has 0 bridgehead atoms. The number of benzene rings is 2. The van der Waals surface area contributed by atoms with Gasteiger partial charge in [0.25, 0.3) is 0 Å². The second kappa shape index (κ2) is 12.4. The van der Waals surface area contributed by atoms with Gasteiger partial charge in [-0.2, -0.15) is 0 Å². The molecule has 2 aromatic carbocycles. The standard InChI is InChI=1S/C28H32N2O8/c1-5-9-22-29-24(28(3,4)35)23(26(33)37-17-38-27(34)36-6-2)30(22)16-18-12-14-19(15-13-18)20-10-7-8-11-21(20)25(31)32/h7-8,10-15,35H,5-6,9,16-17H2,1-4H3,(H,31,32). The van der Waals surface area contributed by atoms with Crippen LogP contribution in [0.5, 0.6) is 0 Å². The van der Waals surface area contributed by atoms with Crippen LogP contribution in [0.2, 0.25) is 0 Å². The van der Waals surface area contributed by atoms with Gasteiger partial charge in [-0.15, -0.1) is 0 Å². The summed E-state index contributed by atoms with van der Waals surface area (Å²) in [5.41, 5.74) is 1.09. The van der Waals surface area contributed by atoms with Crippen molar-refractivity contribution in [1.29, 1.82) is 0 Å². The zero-order valence-corrected chi connectivity index (χ0v) is 21.9. The minimum Gasteiger partial charge on any atom is -0.478 e. The molecule has 0 unspecified atom stereocenters. The molecule has 0 atom stereocenters. The van der Waals surface area contributed by atoms with E-state index in [1.807, 2.05) is 31.2 Å². The molecule has 1 aromatic heterocycles. The molecule has 202 valence electrons. The normalized spacial score (nSPS) is 11.2. The van der Waals surface area contributed by atoms with E-state index in [0.29, 0.717) is 17.8 Å². The van der Waals surface area contributed by atoms with Crippen molar-refractivity contribution in [1.82, 2.24) is 9.55 Å². The summed E-state index contributed by atoms with van der Waals surface area (Å²) in [6, 6.07) is 14.1. The third-order valence-corrected chi connectivity index (χ3v) is 5.69. The molecule has 10 heteroatoms. The highest BCUT2D eigenvalue weighted by Crippen LogP contribution is 2.28. The molecule has 0 radical (unpaired) electrons. The van der Waals surface area contributed by atoms with Gasteiger partial charge in [0.2, 0.25) is 6.79 Å². The number of ether oxygens (including phenoxy) is 3. The highest BCUT2D eigenvalue weighted by Gasteiger charge is 2.32. The average molecular weight is 525 g/mol. The number of carbonyl (C=O) groups is 3. The summed E-state index contributed by atoms with van der Waals surface area (Å²) in [5, 5.41) is 20.3. The second-order valence-corrected chi connectivity index (χ2v) is 9.05. The maximum absolute atomic E-state index is 13.1. The van der Waals surface area contributed by atoms with Gasteiger partial charge in [-0.05, 0) is 49.9 Å². The van der Waals surface area contributed by atoms with E-state index in [2.05, 4.69) is 9.72 Å². The number of rotatable bonds is 11. The van der Waals surface area contributed by atoms with Crippen LogP contribution in [0.25, 0.3) is 11.1 Å². The Kier molecular flexibility index (Phi) is 9.25. The third kappa shape index (κ3) is 6.77. The summed E-state index contributed by atoms with van der Waals surface area (Å²) in [6.07, 6.45) is 0.320. The van der Waals surface area contributed by atoms with E-state index in [1.54, 1.807) is 35.8 Å². The Balaban J connectivity index is 1.95. The van der Waals surface area contributed by atoms with Gasteiger partial charge in [0.1, 0.15) is 17.1 Å². The molecule has 10 nitrogen and oxygen atoms in total. The summed E-state index contributed by atoms with van der Waals surface area (Å²) >= 11 is 0. The Labute approximate surface area is 220 Å². The number of aromatic nitrogens is 2. The third-order valence-electron chi connectivity index (χ3n) is 5.69. The van der Waals surface area contributed by atoms with Crippen LogP contribution in [0.1, 0.15) is 72.0 Å². The minimum atomic E-state index is -1.45. The molecule has 2 N–H and O–H groups in total. The second-order valence-electron chi connectivity index (χ2n) is 9.05. The Morgan fingerprint density at radius 1 is 0.974 bits per heavy atom. The molecule has 0 spiro atoms. The Hall–Kier alpha value is -4.18. The first kappa shape index (κ1) is 28.4. The van der Waals surface area contributed by atoms with Crippen molar-refractivity contribution in [3.05, 3.63) is 76.9 Å². The van der Waals surface area contributed by atoms with Crippen LogP contribution in [-0.4, -0.2) is 51.3 Å². The van der Waals surface area contributed by atoms with Crippen LogP contribution in [-0.2, 0) is 32.8 Å². The van der Waals surface area contributed by atoms with E-state index in [0.717, 1.165) is 17.5 Å². The van der Waals surface area contributed by atoms with Crippen LogP contribution in [0.15, 0.2) is 48.5 Å².